The van der Waals surface area contributed by atoms with Crippen LogP contribution in [0.5, 0.6) is 0 Å². The van der Waals surface area contributed by atoms with Crippen LogP contribution in [0.1, 0.15) is 22.6 Å². The Balaban J connectivity index is 0.00000156. The highest BCUT2D eigenvalue weighted by atomic mass is 35.5. The molecule has 3 aromatic rings. The van der Waals surface area contributed by atoms with E-state index >= 15 is 0 Å². The molecule has 0 radical (unpaired) electrons. The average molecular weight is 383 g/mol. The molecular formula is C16H20Cl2N6O. The molecule has 1 amide bonds. The van der Waals surface area contributed by atoms with Crippen LogP contribution in [-0.4, -0.2) is 39.0 Å². The molecular weight excluding hydrogens is 363 g/mol. The summed E-state index contributed by atoms with van der Waals surface area (Å²) < 4.78 is 1.67. The zero-order valence-electron chi connectivity index (χ0n) is 13.7. The number of halogens is 2. The number of hydrogen-bond donors (Lipinski definition) is 2. The first kappa shape index (κ1) is 20.8. The Hall–Kier alpha value is -2.22. The van der Waals surface area contributed by atoms with E-state index in [1.807, 2.05) is 37.3 Å². The van der Waals surface area contributed by atoms with Crippen molar-refractivity contribution in [2.75, 3.05) is 13.1 Å². The molecule has 0 fully saturated rings. The van der Waals surface area contributed by atoms with Crippen LogP contribution in [0.25, 0.3) is 16.6 Å². The molecule has 0 bridgehead atoms. The van der Waals surface area contributed by atoms with Gasteiger partial charge >= 0.3 is 0 Å². The van der Waals surface area contributed by atoms with Crippen molar-refractivity contribution < 1.29 is 4.79 Å². The number of rotatable bonds is 5. The molecule has 0 saturated heterocycles. The van der Waals surface area contributed by atoms with E-state index in [-0.39, 0.29) is 30.7 Å². The third-order valence-corrected chi connectivity index (χ3v) is 3.63. The first-order chi connectivity index (χ1) is 11.2. The quantitative estimate of drug-likeness (QED) is 0.657. The van der Waals surface area contributed by atoms with Crippen LogP contribution in [0.3, 0.4) is 0 Å². The van der Waals surface area contributed by atoms with Gasteiger partial charge in [-0.2, -0.15) is 0 Å². The predicted octanol–water partition coefficient (Wildman–Crippen LogP) is 2.05. The lowest BCUT2D eigenvalue weighted by molar-refractivity contribution is 0.0948. The minimum atomic E-state index is -0.236. The van der Waals surface area contributed by atoms with Gasteiger partial charge in [0.2, 0.25) is 0 Å². The van der Waals surface area contributed by atoms with E-state index in [0.717, 1.165) is 23.0 Å². The molecule has 1 aromatic carbocycles. The number of aromatic nitrogens is 4. The fraction of sp³-hybridized carbons (Fsp3) is 0.250. The molecule has 9 heteroatoms. The largest absolute Gasteiger partial charge is 0.351 e. The number of nitrogens with two attached hydrogens (primary N) is 1. The van der Waals surface area contributed by atoms with Gasteiger partial charge in [-0.3, -0.25) is 9.78 Å². The third kappa shape index (κ3) is 4.25. The smallest absolute Gasteiger partial charge is 0.273 e. The van der Waals surface area contributed by atoms with Crippen molar-refractivity contribution in [1.82, 2.24) is 25.3 Å². The van der Waals surface area contributed by atoms with Crippen molar-refractivity contribution in [2.24, 2.45) is 5.73 Å². The number of fused-ring (bicyclic) bond motifs is 1. The fourth-order valence-corrected chi connectivity index (χ4v) is 2.43. The molecule has 3 N–H and O–H groups in total. The zero-order chi connectivity index (χ0) is 16.2. The van der Waals surface area contributed by atoms with Crippen molar-refractivity contribution in [3.05, 3.63) is 47.9 Å². The number of carbonyl (C=O) groups excluding carboxylic acids is 1. The summed E-state index contributed by atoms with van der Waals surface area (Å²) in [6, 6.07) is 9.62. The van der Waals surface area contributed by atoms with E-state index in [2.05, 4.69) is 20.6 Å². The van der Waals surface area contributed by atoms with Crippen molar-refractivity contribution in [3.63, 3.8) is 0 Å². The Kier molecular flexibility index (Phi) is 7.76. The van der Waals surface area contributed by atoms with Crippen molar-refractivity contribution in [2.45, 2.75) is 13.3 Å². The van der Waals surface area contributed by atoms with Gasteiger partial charge in [-0.1, -0.05) is 11.3 Å². The number of carbonyl (C=O) groups is 1. The number of hydrogen-bond acceptors (Lipinski definition) is 5. The molecule has 0 atom stereocenters. The average Bonchev–Trinajstić information content (AvgIpc) is 2.96. The van der Waals surface area contributed by atoms with Gasteiger partial charge in [0.1, 0.15) is 0 Å². The standard InChI is InChI=1S/C16H18N6O.2ClH/c1-11-15(16(23)19-10-4-8-17)20-21-22(11)14-7-2-6-13-12(14)5-3-9-18-13;;/h2-3,5-7,9H,4,8,10,17H2,1H3,(H,19,23);2*1H. The van der Waals surface area contributed by atoms with Gasteiger partial charge in [-0.25, -0.2) is 4.68 Å². The lowest BCUT2D eigenvalue weighted by Gasteiger charge is -2.07. The summed E-state index contributed by atoms with van der Waals surface area (Å²) in [6.07, 6.45) is 2.48. The van der Waals surface area contributed by atoms with Crippen molar-refractivity contribution >= 4 is 41.6 Å². The van der Waals surface area contributed by atoms with Crippen molar-refractivity contribution in [1.29, 1.82) is 0 Å². The highest BCUT2D eigenvalue weighted by Crippen LogP contribution is 2.21. The molecule has 2 aromatic heterocycles. The second kappa shape index (κ2) is 9.31. The molecule has 2 heterocycles. The summed E-state index contributed by atoms with van der Waals surface area (Å²) in [7, 11) is 0. The summed E-state index contributed by atoms with van der Waals surface area (Å²) in [4.78, 5) is 16.5. The Morgan fingerprint density at radius 2 is 2.04 bits per heavy atom. The van der Waals surface area contributed by atoms with Crippen LogP contribution in [0.4, 0.5) is 0 Å². The van der Waals surface area contributed by atoms with Gasteiger partial charge in [0.05, 0.1) is 16.9 Å². The summed E-state index contributed by atoms with van der Waals surface area (Å²) in [5.41, 5.74) is 8.15. The molecule has 0 aliphatic carbocycles. The Morgan fingerprint density at radius 1 is 1.24 bits per heavy atom. The van der Waals surface area contributed by atoms with E-state index in [1.54, 1.807) is 10.9 Å². The molecule has 0 aliphatic rings. The highest BCUT2D eigenvalue weighted by Gasteiger charge is 2.17. The number of benzene rings is 1. The third-order valence-electron chi connectivity index (χ3n) is 3.63. The van der Waals surface area contributed by atoms with Crippen LogP contribution < -0.4 is 11.1 Å². The van der Waals surface area contributed by atoms with Gasteiger partial charge in [-0.15, -0.1) is 29.9 Å². The van der Waals surface area contributed by atoms with E-state index in [4.69, 9.17) is 5.73 Å². The number of nitrogens with one attached hydrogen (secondary N) is 1. The maximum absolute atomic E-state index is 12.2. The maximum atomic E-state index is 12.2. The minimum Gasteiger partial charge on any atom is -0.351 e. The molecule has 0 unspecified atom stereocenters. The predicted molar refractivity (Wildman–Crippen MR) is 102 cm³/mol. The normalized spacial score (nSPS) is 10.0. The number of amides is 1. The second-order valence-electron chi connectivity index (χ2n) is 5.18. The van der Waals surface area contributed by atoms with Gasteiger partial charge < -0.3 is 11.1 Å². The summed E-state index contributed by atoms with van der Waals surface area (Å²) in [5, 5.41) is 11.9. The van der Waals surface area contributed by atoms with Crippen LogP contribution >= 0.6 is 24.8 Å². The van der Waals surface area contributed by atoms with Gasteiger partial charge in [-0.05, 0) is 44.2 Å². The Labute approximate surface area is 157 Å². The lowest BCUT2D eigenvalue weighted by Crippen LogP contribution is -2.27. The van der Waals surface area contributed by atoms with E-state index in [9.17, 15) is 4.79 Å². The van der Waals surface area contributed by atoms with E-state index in [1.165, 1.54) is 0 Å². The summed E-state index contributed by atoms with van der Waals surface area (Å²) >= 11 is 0. The molecule has 134 valence electrons. The Bertz CT molecular complexity index is 846. The monoisotopic (exact) mass is 382 g/mol. The molecule has 3 rings (SSSR count). The van der Waals surface area contributed by atoms with Gasteiger partial charge in [0.25, 0.3) is 5.91 Å². The lowest BCUT2D eigenvalue weighted by atomic mass is 10.2. The number of pyridine rings is 1. The molecule has 0 aliphatic heterocycles. The van der Waals surface area contributed by atoms with Crippen LogP contribution in [0.2, 0.25) is 0 Å². The topological polar surface area (TPSA) is 98.7 Å². The molecule has 0 spiro atoms. The Morgan fingerprint density at radius 3 is 2.80 bits per heavy atom. The van der Waals surface area contributed by atoms with E-state index in [0.29, 0.717) is 24.5 Å². The van der Waals surface area contributed by atoms with Crippen LogP contribution in [0.15, 0.2) is 36.5 Å². The number of nitrogens with zero attached hydrogens (tertiary/aromatic N) is 4. The van der Waals surface area contributed by atoms with Crippen molar-refractivity contribution in [3.8, 4) is 5.69 Å². The minimum absolute atomic E-state index is 0. The summed E-state index contributed by atoms with van der Waals surface area (Å²) in [6.45, 7) is 2.89. The van der Waals surface area contributed by atoms with E-state index < -0.39 is 0 Å². The van der Waals surface area contributed by atoms with Crippen LogP contribution in [0, 0.1) is 6.92 Å². The maximum Gasteiger partial charge on any atom is 0.273 e. The van der Waals surface area contributed by atoms with Crippen LogP contribution in [-0.2, 0) is 0 Å². The molecule has 25 heavy (non-hydrogen) atoms. The molecule has 0 saturated carbocycles. The molecule has 7 nitrogen and oxygen atoms in total. The SMILES string of the molecule is Cc1c(C(=O)NCCCN)nnn1-c1cccc2ncccc12.Cl.Cl. The van der Waals surface area contributed by atoms with Gasteiger partial charge in [0.15, 0.2) is 5.69 Å². The fourth-order valence-electron chi connectivity index (χ4n) is 2.43. The summed E-state index contributed by atoms with van der Waals surface area (Å²) in [5.74, 6) is -0.236. The first-order valence-corrected chi connectivity index (χ1v) is 7.47. The zero-order valence-corrected chi connectivity index (χ0v) is 15.3. The second-order valence-corrected chi connectivity index (χ2v) is 5.18. The highest BCUT2D eigenvalue weighted by molar-refractivity contribution is 5.94. The van der Waals surface area contributed by atoms with Gasteiger partial charge in [0, 0.05) is 18.1 Å². The first-order valence-electron chi connectivity index (χ1n) is 7.47.